The Morgan fingerprint density at radius 1 is 1.11 bits per heavy atom. The van der Waals surface area contributed by atoms with Gasteiger partial charge in [0.15, 0.2) is 0 Å². The van der Waals surface area contributed by atoms with Crippen LogP contribution in [0.2, 0.25) is 0 Å². The van der Waals surface area contributed by atoms with E-state index in [4.69, 9.17) is 21.1 Å². The second-order valence-electron chi connectivity index (χ2n) is 4.70. The normalized spacial score (nSPS) is 11.1. The van der Waals surface area contributed by atoms with E-state index in [-0.39, 0.29) is 0 Å². The number of methoxy groups -OCH3 is 1. The molecule has 0 saturated heterocycles. The minimum atomic E-state index is 0.516. The zero-order valence-corrected chi connectivity index (χ0v) is 12.8. The van der Waals surface area contributed by atoms with Crippen LogP contribution in [0.25, 0.3) is 0 Å². The van der Waals surface area contributed by atoms with Gasteiger partial charge in [-0.1, -0.05) is 0 Å². The van der Waals surface area contributed by atoms with Crippen molar-refractivity contribution in [3.63, 3.8) is 0 Å². The highest BCUT2D eigenvalue weighted by molar-refractivity contribution is 6.17. The molecule has 0 atom stereocenters. The lowest BCUT2D eigenvalue weighted by atomic mass is 10.3. The summed E-state index contributed by atoms with van der Waals surface area (Å²) in [6.45, 7) is 7.02. The molecule has 4 heteroatoms. The summed E-state index contributed by atoms with van der Waals surface area (Å²) in [5.74, 6) is 2.43. The largest absolute Gasteiger partial charge is 0.497 e. The van der Waals surface area contributed by atoms with Gasteiger partial charge < -0.3 is 9.47 Å². The predicted octanol–water partition coefficient (Wildman–Crippen LogP) is 3.41. The Balaban J connectivity index is 2.33. The van der Waals surface area contributed by atoms with Gasteiger partial charge in [0.25, 0.3) is 0 Å². The van der Waals surface area contributed by atoms with Crippen LogP contribution >= 0.6 is 11.6 Å². The molecular formula is C15H24ClNO2. The van der Waals surface area contributed by atoms with Crippen molar-refractivity contribution >= 4 is 11.6 Å². The Labute approximate surface area is 121 Å². The van der Waals surface area contributed by atoms with Gasteiger partial charge in [-0.25, -0.2) is 0 Å². The summed E-state index contributed by atoms with van der Waals surface area (Å²) >= 11 is 5.74. The average Bonchev–Trinajstić information content (AvgIpc) is 2.43. The number of nitrogens with zero attached hydrogens (tertiary/aromatic N) is 1. The highest BCUT2D eigenvalue weighted by Crippen LogP contribution is 2.16. The minimum absolute atomic E-state index is 0.516. The van der Waals surface area contributed by atoms with E-state index in [1.54, 1.807) is 7.11 Å². The summed E-state index contributed by atoms with van der Waals surface area (Å²) in [4.78, 5) is 2.38. The molecular weight excluding hydrogens is 262 g/mol. The van der Waals surface area contributed by atoms with Crippen LogP contribution in [0, 0.1) is 0 Å². The van der Waals surface area contributed by atoms with Crippen molar-refractivity contribution in [2.45, 2.75) is 26.3 Å². The zero-order valence-electron chi connectivity index (χ0n) is 12.1. The molecule has 1 rings (SSSR count). The molecule has 0 radical (unpaired) electrons. The molecule has 0 aromatic heterocycles. The fourth-order valence-electron chi connectivity index (χ4n) is 1.84. The Morgan fingerprint density at radius 3 is 2.26 bits per heavy atom. The Hall–Kier alpha value is -0.930. The lowest BCUT2D eigenvalue weighted by Crippen LogP contribution is -2.35. The number of ether oxygens (including phenoxy) is 2. The van der Waals surface area contributed by atoms with Crippen molar-refractivity contribution in [2.75, 3.05) is 32.7 Å². The minimum Gasteiger partial charge on any atom is -0.497 e. The topological polar surface area (TPSA) is 21.7 Å². The van der Waals surface area contributed by atoms with E-state index in [0.717, 1.165) is 31.0 Å². The highest BCUT2D eigenvalue weighted by Gasteiger charge is 2.08. The van der Waals surface area contributed by atoms with E-state index < -0.39 is 0 Å². The molecule has 0 saturated carbocycles. The van der Waals surface area contributed by atoms with Gasteiger partial charge in [-0.2, -0.15) is 0 Å². The van der Waals surface area contributed by atoms with Gasteiger partial charge in [-0.3, -0.25) is 4.90 Å². The molecule has 1 aromatic rings. The molecule has 19 heavy (non-hydrogen) atoms. The molecule has 0 aliphatic carbocycles. The van der Waals surface area contributed by atoms with Crippen LogP contribution in [-0.2, 0) is 0 Å². The van der Waals surface area contributed by atoms with Crippen molar-refractivity contribution in [3.8, 4) is 11.5 Å². The molecule has 0 fully saturated rings. The van der Waals surface area contributed by atoms with Crippen LogP contribution in [0.4, 0.5) is 0 Å². The third-order valence-electron chi connectivity index (χ3n) is 3.02. The van der Waals surface area contributed by atoms with Crippen LogP contribution in [0.1, 0.15) is 20.3 Å². The fraction of sp³-hybridized carbons (Fsp3) is 0.600. The molecule has 108 valence electrons. The van der Waals surface area contributed by atoms with Crippen LogP contribution in [0.5, 0.6) is 11.5 Å². The molecule has 0 aliphatic heterocycles. The summed E-state index contributed by atoms with van der Waals surface area (Å²) in [6, 6.07) is 8.18. The maximum atomic E-state index is 5.74. The SMILES string of the molecule is COc1ccc(OCCN(CCCCl)C(C)C)cc1. The van der Waals surface area contributed by atoms with Gasteiger partial charge in [0.1, 0.15) is 18.1 Å². The molecule has 0 N–H and O–H groups in total. The second kappa shape index (κ2) is 9.05. The van der Waals surface area contributed by atoms with E-state index >= 15 is 0 Å². The summed E-state index contributed by atoms with van der Waals surface area (Å²) in [5.41, 5.74) is 0. The Morgan fingerprint density at radius 2 is 1.74 bits per heavy atom. The van der Waals surface area contributed by atoms with E-state index in [0.29, 0.717) is 18.5 Å². The molecule has 0 spiro atoms. The first-order valence-corrected chi connectivity index (χ1v) is 7.27. The number of hydrogen-bond acceptors (Lipinski definition) is 3. The first-order valence-electron chi connectivity index (χ1n) is 6.74. The van der Waals surface area contributed by atoms with E-state index in [1.165, 1.54) is 0 Å². The van der Waals surface area contributed by atoms with Crippen molar-refractivity contribution < 1.29 is 9.47 Å². The van der Waals surface area contributed by atoms with Crippen molar-refractivity contribution in [2.24, 2.45) is 0 Å². The van der Waals surface area contributed by atoms with Gasteiger partial charge in [0.2, 0.25) is 0 Å². The summed E-state index contributed by atoms with van der Waals surface area (Å²) in [6.07, 6.45) is 1.02. The molecule has 3 nitrogen and oxygen atoms in total. The van der Waals surface area contributed by atoms with Crippen LogP contribution in [0.15, 0.2) is 24.3 Å². The van der Waals surface area contributed by atoms with E-state index in [2.05, 4.69) is 18.7 Å². The monoisotopic (exact) mass is 285 g/mol. The first kappa shape index (κ1) is 16.1. The van der Waals surface area contributed by atoms with E-state index in [1.807, 2.05) is 24.3 Å². The molecule has 0 amide bonds. The Bertz CT molecular complexity index is 341. The Kier molecular flexibility index (Phi) is 7.68. The molecule has 1 aromatic carbocycles. The molecule has 0 bridgehead atoms. The predicted molar refractivity (Wildman–Crippen MR) is 80.5 cm³/mol. The zero-order chi connectivity index (χ0) is 14.1. The van der Waals surface area contributed by atoms with Gasteiger partial charge in [-0.15, -0.1) is 11.6 Å². The molecule has 0 heterocycles. The van der Waals surface area contributed by atoms with E-state index in [9.17, 15) is 0 Å². The quantitative estimate of drug-likeness (QED) is 0.649. The lowest BCUT2D eigenvalue weighted by molar-refractivity contribution is 0.176. The maximum absolute atomic E-state index is 5.74. The third-order valence-corrected chi connectivity index (χ3v) is 3.28. The number of rotatable bonds is 9. The summed E-state index contributed by atoms with van der Waals surface area (Å²) in [7, 11) is 1.66. The first-order chi connectivity index (χ1) is 9.17. The molecule has 0 aliphatic rings. The van der Waals surface area contributed by atoms with Crippen LogP contribution < -0.4 is 9.47 Å². The van der Waals surface area contributed by atoms with Gasteiger partial charge >= 0.3 is 0 Å². The maximum Gasteiger partial charge on any atom is 0.119 e. The number of alkyl halides is 1. The summed E-state index contributed by atoms with van der Waals surface area (Å²) < 4.78 is 10.8. The standard InChI is InChI=1S/C15H24ClNO2/c1-13(2)17(10-4-9-16)11-12-19-15-7-5-14(18-3)6-8-15/h5-8,13H,4,9-12H2,1-3H3. The smallest absolute Gasteiger partial charge is 0.119 e. The van der Waals surface area contributed by atoms with Crippen molar-refractivity contribution in [3.05, 3.63) is 24.3 Å². The average molecular weight is 286 g/mol. The second-order valence-corrected chi connectivity index (χ2v) is 5.07. The number of benzene rings is 1. The van der Waals surface area contributed by atoms with Crippen molar-refractivity contribution in [1.82, 2.24) is 4.90 Å². The number of halogens is 1. The lowest BCUT2D eigenvalue weighted by Gasteiger charge is -2.26. The van der Waals surface area contributed by atoms with Crippen molar-refractivity contribution in [1.29, 1.82) is 0 Å². The van der Waals surface area contributed by atoms with Crippen LogP contribution in [-0.4, -0.2) is 43.6 Å². The number of hydrogen-bond donors (Lipinski definition) is 0. The van der Waals surface area contributed by atoms with Gasteiger partial charge in [0.05, 0.1) is 7.11 Å². The van der Waals surface area contributed by atoms with Gasteiger partial charge in [0, 0.05) is 18.5 Å². The summed E-state index contributed by atoms with van der Waals surface area (Å²) in [5, 5.41) is 0. The molecule has 0 unspecified atom stereocenters. The van der Waals surface area contributed by atoms with Crippen LogP contribution in [0.3, 0.4) is 0 Å². The van der Waals surface area contributed by atoms with Gasteiger partial charge in [-0.05, 0) is 51.1 Å². The third kappa shape index (κ3) is 6.17. The fourth-order valence-corrected chi connectivity index (χ4v) is 1.96. The highest BCUT2D eigenvalue weighted by atomic mass is 35.5.